The number of carbonyl (C=O) groups excluding carboxylic acids is 1. The van der Waals surface area contributed by atoms with Crippen LogP contribution >= 0.6 is 11.6 Å². The van der Waals surface area contributed by atoms with Crippen LogP contribution in [0.1, 0.15) is 34.9 Å². The number of rotatable bonds is 3. The first-order valence-corrected chi connectivity index (χ1v) is 7.57. The quantitative estimate of drug-likeness (QED) is 0.943. The predicted octanol–water partition coefficient (Wildman–Crippen LogP) is 3.28. The van der Waals surface area contributed by atoms with Gasteiger partial charge in [-0.15, -0.1) is 0 Å². The number of halogens is 1. The van der Waals surface area contributed by atoms with E-state index in [1.54, 1.807) is 18.2 Å². The average molecular weight is 318 g/mol. The summed E-state index contributed by atoms with van der Waals surface area (Å²) in [6.07, 6.45) is 3.28. The van der Waals surface area contributed by atoms with Crippen molar-refractivity contribution in [3.05, 3.63) is 53.1 Å². The maximum absolute atomic E-state index is 12.3. The summed E-state index contributed by atoms with van der Waals surface area (Å²) < 4.78 is 5.35. The van der Waals surface area contributed by atoms with E-state index in [0.29, 0.717) is 22.3 Å². The number of carbonyl (C=O) groups is 1. The second kappa shape index (κ2) is 6.85. The predicted molar refractivity (Wildman–Crippen MR) is 84.2 cm³/mol. The first kappa shape index (κ1) is 14.9. The summed E-state index contributed by atoms with van der Waals surface area (Å²) >= 11 is 6.05. The van der Waals surface area contributed by atoms with Crippen molar-refractivity contribution < 1.29 is 9.53 Å². The van der Waals surface area contributed by atoms with Crippen LogP contribution in [-0.4, -0.2) is 29.1 Å². The van der Waals surface area contributed by atoms with Crippen molar-refractivity contribution >= 4 is 23.2 Å². The van der Waals surface area contributed by atoms with Crippen molar-refractivity contribution in [1.82, 2.24) is 9.97 Å². The van der Waals surface area contributed by atoms with Crippen LogP contribution in [0.5, 0.6) is 0 Å². The molecule has 0 unspecified atom stereocenters. The highest BCUT2D eigenvalue weighted by atomic mass is 35.5. The summed E-state index contributed by atoms with van der Waals surface area (Å²) in [5, 5.41) is 3.27. The third-order valence-corrected chi connectivity index (χ3v) is 4.01. The van der Waals surface area contributed by atoms with Crippen molar-refractivity contribution in [1.29, 1.82) is 0 Å². The summed E-state index contributed by atoms with van der Waals surface area (Å²) in [6.45, 7) is 1.46. The Morgan fingerprint density at radius 2 is 2.00 bits per heavy atom. The number of benzene rings is 1. The minimum Gasteiger partial charge on any atom is -0.381 e. The lowest BCUT2D eigenvalue weighted by molar-refractivity contribution is 0.0844. The number of hydrogen-bond acceptors (Lipinski definition) is 4. The molecule has 1 saturated heterocycles. The van der Waals surface area contributed by atoms with Crippen molar-refractivity contribution in [2.75, 3.05) is 18.5 Å². The number of ether oxygens (including phenoxy) is 1. The van der Waals surface area contributed by atoms with Gasteiger partial charge in [0, 0.05) is 24.8 Å². The van der Waals surface area contributed by atoms with Gasteiger partial charge in [0.05, 0.1) is 10.7 Å². The third-order valence-electron chi connectivity index (χ3n) is 3.68. The Bertz CT molecular complexity index is 672. The normalized spacial score (nSPS) is 15.5. The van der Waals surface area contributed by atoms with Gasteiger partial charge in [0.25, 0.3) is 5.91 Å². The standard InChI is InChI=1S/C16H16ClN3O2/c17-12-3-1-2-4-13(12)20-16(21)15-9-14(18-10-19-15)11-5-7-22-8-6-11/h1-4,9-11H,5-8H2,(H,20,21). The van der Waals surface area contributed by atoms with Crippen LogP contribution in [0.4, 0.5) is 5.69 Å². The lowest BCUT2D eigenvalue weighted by Crippen LogP contribution is -2.18. The second-order valence-corrected chi connectivity index (χ2v) is 5.56. The molecule has 1 N–H and O–H groups in total. The largest absolute Gasteiger partial charge is 0.381 e. The van der Waals surface area contributed by atoms with E-state index in [1.807, 2.05) is 12.1 Å². The average Bonchev–Trinajstić information content (AvgIpc) is 2.58. The van der Waals surface area contributed by atoms with Crippen molar-refractivity contribution in [3.8, 4) is 0 Å². The molecule has 1 aliphatic rings. The summed E-state index contributed by atoms with van der Waals surface area (Å²) in [7, 11) is 0. The van der Waals surface area contributed by atoms with Gasteiger partial charge < -0.3 is 10.1 Å². The molecule has 3 rings (SSSR count). The van der Waals surface area contributed by atoms with Gasteiger partial charge in [-0.25, -0.2) is 9.97 Å². The van der Waals surface area contributed by atoms with Crippen LogP contribution in [0.3, 0.4) is 0 Å². The molecule has 1 aromatic heterocycles. The fraction of sp³-hybridized carbons (Fsp3) is 0.312. The summed E-state index contributed by atoms with van der Waals surface area (Å²) in [6, 6.07) is 8.86. The van der Waals surface area contributed by atoms with E-state index in [1.165, 1.54) is 6.33 Å². The number of aromatic nitrogens is 2. The summed E-state index contributed by atoms with van der Waals surface area (Å²) in [5.41, 5.74) is 1.81. The summed E-state index contributed by atoms with van der Waals surface area (Å²) in [4.78, 5) is 20.7. The number of anilines is 1. The molecule has 2 aromatic rings. The van der Waals surface area contributed by atoms with E-state index in [4.69, 9.17) is 16.3 Å². The number of para-hydroxylation sites is 1. The van der Waals surface area contributed by atoms with Gasteiger partial charge in [0.1, 0.15) is 12.0 Å². The van der Waals surface area contributed by atoms with Crippen molar-refractivity contribution in [3.63, 3.8) is 0 Å². The Hall–Kier alpha value is -1.98. The van der Waals surface area contributed by atoms with E-state index in [9.17, 15) is 4.79 Å². The van der Waals surface area contributed by atoms with Crippen LogP contribution in [0, 0.1) is 0 Å². The molecule has 114 valence electrons. The molecule has 0 bridgehead atoms. The molecule has 5 nitrogen and oxygen atoms in total. The molecule has 1 aromatic carbocycles. The zero-order valence-corrected chi connectivity index (χ0v) is 12.7. The molecular weight excluding hydrogens is 302 g/mol. The molecule has 1 fully saturated rings. The molecule has 2 heterocycles. The lowest BCUT2D eigenvalue weighted by atomic mass is 9.96. The van der Waals surface area contributed by atoms with Crippen LogP contribution in [0.2, 0.25) is 5.02 Å². The van der Waals surface area contributed by atoms with Gasteiger partial charge >= 0.3 is 0 Å². The Labute approximate surface area is 133 Å². The van der Waals surface area contributed by atoms with Crippen molar-refractivity contribution in [2.24, 2.45) is 0 Å². The van der Waals surface area contributed by atoms with Crippen LogP contribution in [0.25, 0.3) is 0 Å². The molecule has 0 radical (unpaired) electrons. The minimum absolute atomic E-state index is 0.288. The highest BCUT2D eigenvalue weighted by molar-refractivity contribution is 6.33. The fourth-order valence-electron chi connectivity index (χ4n) is 2.46. The molecule has 1 aliphatic heterocycles. The topological polar surface area (TPSA) is 64.1 Å². The monoisotopic (exact) mass is 317 g/mol. The minimum atomic E-state index is -0.288. The Kier molecular flexibility index (Phi) is 4.65. The smallest absolute Gasteiger partial charge is 0.274 e. The molecule has 0 atom stereocenters. The maximum Gasteiger partial charge on any atom is 0.274 e. The molecule has 22 heavy (non-hydrogen) atoms. The van der Waals surface area contributed by atoms with E-state index < -0.39 is 0 Å². The molecule has 6 heteroatoms. The van der Waals surface area contributed by atoms with E-state index >= 15 is 0 Å². The van der Waals surface area contributed by atoms with Crippen LogP contribution in [-0.2, 0) is 4.74 Å². The fourth-order valence-corrected chi connectivity index (χ4v) is 2.65. The van der Waals surface area contributed by atoms with Gasteiger partial charge in [0.15, 0.2) is 0 Å². The number of nitrogens with one attached hydrogen (secondary N) is 1. The van der Waals surface area contributed by atoms with E-state index in [-0.39, 0.29) is 5.91 Å². The lowest BCUT2D eigenvalue weighted by Gasteiger charge is -2.21. The van der Waals surface area contributed by atoms with Crippen LogP contribution < -0.4 is 5.32 Å². The number of nitrogens with zero attached hydrogens (tertiary/aromatic N) is 2. The molecule has 0 aliphatic carbocycles. The number of amides is 1. The Morgan fingerprint density at radius 1 is 1.23 bits per heavy atom. The maximum atomic E-state index is 12.3. The van der Waals surface area contributed by atoms with E-state index in [0.717, 1.165) is 31.7 Å². The molecule has 0 spiro atoms. The van der Waals surface area contributed by atoms with Gasteiger partial charge in [-0.1, -0.05) is 23.7 Å². The zero-order valence-electron chi connectivity index (χ0n) is 12.0. The Balaban J connectivity index is 1.76. The Morgan fingerprint density at radius 3 is 2.77 bits per heavy atom. The second-order valence-electron chi connectivity index (χ2n) is 5.15. The SMILES string of the molecule is O=C(Nc1ccccc1Cl)c1cc(C2CCOCC2)ncn1. The molecule has 0 saturated carbocycles. The zero-order chi connectivity index (χ0) is 15.4. The highest BCUT2D eigenvalue weighted by Crippen LogP contribution is 2.26. The first-order valence-electron chi connectivity index (χ1n) is 7.19. The van der Waals surface area contributed by atoms with E-state index in [2.05, 4.69) is 15.3 Å². The van der Waals surface area contributed by atoms with Gasteiger partial charge in [-0.05, 0) is 31.0 Å². The van der Waals surface area contributed by atoms with Gasteiger partial charge in [-0.3, -0.25) is 4.79 Å². The van der Waals surface area contributed by atoms with Crippen LogP contribution in [0.15, 0.2) is 36.7 Å². The van der Waals surface area contributed by atoms with Crippen molar-refractivity contribution in [2.45, 2.75) is 18.8 Å². The van der Waals surface area contributed by atoms with Gasteiger partial charge in [-0.2, -0.15) is 0 Å². The summed E-state index contributed by atoms with van der Waals surface area (Å²) in [5.74, 6) is 0.0347. The first-order chi connectivity index (χ1) is 10.7. The third kappa shape index (κ3) is 3.43. The molecular formula is C16H16ClN3O2. The van der Waals surface area contributed by atoms with Gasteiger partial charge in [0.2, 0.25) is 0 Å². The molecule has 1 amide bonds. The number of hydrogen-bond donors (Lipinski definition) is 1. The highest BCUT2D eigenvalue weighted by Gasteiger charge is 2.19.